The van der Waals surface area contributed by atoms with Crippen LogP contribution in [0.3, 0.4) is 0 Å². The van der Waals surface area contributed by atoms with Crippen molar-refractivity contribution in [2.45, 2.75) is 41.0 Å². The number of hydrogen-bond donors (Lipinski definition) is 4. The zero-order chi connectivity index (χ0) is 25.6. The average molecular weight is 476 g/mol. The average Bonchev–Trinajstić information content (AvgIpc) is 2.86. The summed E-state index contributed by atoms with van der Waals surface area (Å²) < 4.78 is 5.19. The number of methoxy groups -OCH3 is 1. The first-order chi connectivity index (χ1) is 15.9. The van der Waals surface area contributed by atoms with Crippen molar-refractivity contribution in [3.8, 4) is 0 Å². The fourth-order valence-electron chi connectivity index (χ4n) is 2.14. The number of amides is 2. The first-order valence-corrected chi connectivity index (χ1v) is 11.4. The van der Waals surface area contributed by atoms with Crippen LogP contribution in [0, 0.1) is 0 Å². The van der Waals surface area contributed by atoms with Gasteiger partial charge in [-0.05, 0) is 62.4 Å². The van der Waals surface area contributed by atoms with Crippen LogP contribution in [0.1, 0.15) is 50.5 Å². The molecule has 1 heterocycles. The van der Waals surface area contributed by atoms with Gasteiger partial charge in [0.05, 0.1) is 12.7 Å². The first-order valence-electron chi connectivity index (χ1n) is 10.5. The lowest BCUT2D eigenvalue weighted by atomic mass is 10.1. The predicted molar refractivity (Wildman–Crippen MR) is 139 cm³/mol. The molecule has 0 saturated carbocycles. The normalized spacial score (nSPS) is 10.6. The first kappa shape index (κ1) is 32.1. The number of aromatic nitrogens is 1. The monoisotopic (exact) mass is 475 g/mol. The third-order valence-electron chi connectivity index (χ3n) is 3.82. The number of thiol groups is 1. The summed E-state index contributed by atoms with van der Waals surface area (Å²) in [4.78, 5) is 28.2. The summed E-state index contributed by atoms with van der Waals surface area (Å²) >= 11 is 3.53. The van der Waals surface area contributed by atoms with Crippen molar-refractivity contribution < 1.29 is 19.5 Å². The maximum atomic E-state index is 12.5. The molecule has 1 aromatic heterocycles. The molecule has 0 radical (unpaired) electrons. The Kier molecular flexibility index (Phi) is 20.2. The van der Waals surface area contributed by atoms with Gasteiger partial charge in [-0.25, -0.2) is 5.48 Å². The van der Waals surface area contributed by atoms with Crippen molar-refractivity contribution >= 4 is 30.1 Å². The lowest BCUT2D eigenvalue weighted by Gasteiger charge is -2.04. The second-order valence-corrected chi connectivity index (χ2v) is 5.93. The van der Waals surface area contributed by atoms with Gasteiger partial charge in [0.15, 0.2) is 0 Å². The van der Waals surface area contributed by atoms with Crippen LogP contribution in [-0.4, -0.2) is 35.4 Å². The second kappa shape index (κ2) is 20.8. The Morgan fingerprint density at radius 2 is 1.85 bits per heavy atom. The number of nitrogens with one attached hydrogen (secondary N) is 2. The van der Waals surface area contributed by atoms with E-state index in [-0.39, 0.29) is 11.5 Å². The molecule has 33 heavy (non-hydrogen) atoms. The molecule has 3 N–H and O–H groups in total. The summed E-state index contributed by atoms with van der Waals surface area (Å²) in [6.45, 7) is 9.51. The van der Waals surface area contributed by atoms with Gasteiger partial charge < -0.3 is 10.1 Å². The van der Waals surface area contributed by atoms with Crippen molar-refractivity contribution in [1.29, 1.82) is 0 Å². The molecule has 8 heteroatoms. The quantitative estimate of drug-likeness (QED) is 0.105. The van der Waals surface area contributed by atoms with Crippen molar-refractivity contribution in [3.05, 3.63) is 83.4 Å². The van der Waals surface area contributed by atoms with Crippen LogP contribution < -0.4 is 10.8 Å². The number of hydrogen-bond acceptors (Lipinski definition) is 6. The van der Waals surface area contributed by atoms with Gasteiger partial charge in [0.1, 0.15) is 5.76 Å². The van der Waals surface area contributed by atoms with Crippen LogP contribution in [-0.2, 0) is 16.0 Å². The molecule has 0 saturated heterocycles. The van der Waals surface area contributed by atoms with Crippen LogP contribution in [0.15, 0.2) is 72.3 Å². The van der Waals surface area contributed by atoms with E-state index in [0.717, 1.165) is 5.56 Å². The molecule has 182 valence electrons. The highest BCUT2D eigenvalue weighted by molar-refractivity contribution is 7.79. The van der Waals surface area contributed by atoms with E-state index in [9.17, 15) is 9.59 Å². The van der Waals surface area contributed by atoms with Crippen molar-refractivity contribution in [2.24, 2.45) is 0 Å². The molecule has 0 fully saturated rings. The highest BCUT2D eigenvalue weighted by atomic mass is 32.1. The third-order valence-corrected chi connectivity index (χ3v) is 3.82. The maximum absolute atomic E-state index is 12.5. The Morgan fingerprint density at radius 3 is 2.39 bits per heavy atom. The van der Waals surface area contributed by atoms with Gasteiger partial charge in [-0.2, -0.15) is 12.6 Å². The zero-order valence-corrected chi connectivity index (χ0v) is 21.4. The van der Waals surface area contributed by atoms with E-state index in [1.807, 2.05) is 33.8 Å². The number of aryl methyl sites for hydroxylation is 1. The molecule has 1 rings (SSSR count). The van der Waals surface area contributed by atoms with E-state index in [1.165, 1.54) is 12.4 Å². The fourth-order valence-corrected chi connectivity index (χ4v) is 2.14. The lowest BCUT2D eigenvalue weighted by molar-refractivity contribution is -0.112. The summed E-state index contributed by atoms with van der Waals surface area (Å²) in [7, 11) is 1.56. The number of nitrogens with zero attached hydrogens (tertiary/aromatic N) is 1. The van der Waals surface area contributed by atoms with Gasteiger partial charge in [-0.1, -0.05) is 39.0 Å². The van der Waals surface area contributed by atoms with E-state index in [4.69, 9.17) is 9.94 Å². The van der Waals surface area contributed by atoms with Crippen molar-refractivity contribution in [2.75, 3.05) is 18.7 Å². The minimum Gasteiger partial charge on any atom is -0.497 e. The van der Waals surface area contributed by atoms with E-state index in [2.05, 4.69) is 22.9 Å². The molecular formula is C25H37N3O4S. The zero-order valence-electron chi connectivity index (χ0n) is 20.5. The van der Waals surface area contributed by atoms with Crippen LogP contribution in [0.4, 0.5) is 5.69 Å². The molecule has 0 aliphatic rings. The minimum absolute atomic E-state index is 0.215. The van der Waals surface area contributed by atoms with Gasteiger partial charge in [-0.15, -0.1) is 0 Å². The number of carbonyl (C=O) groups excluding carboxylic acids is 2. The topological polar surface area (TPSA) is 101 Å². The van der Waals surface area contributed by atoms with E-state index in [0.29, 0.717) is 23.4 Å². The Balaban J connectivity index is 0. The maximum Gasteiger partial charge on any atom is 0.276 e. The predicted octanol–water partition coefficient (Wildman–Crippen LogP) is 5.45. The number of rotatable bonds is 7. The molecule has 0 aliphatic carbocycles. The van der Waals surface area contributed by atoms with Crippen molar-refractivity contribution in [3.63, 3.8) is 0 Å². The molecule has 0 aromatic carbocycles. The number of allylic oxidation sites excluding steroid dienone is 4. The minimum atomic E-state index is -0.651. The standard InChI is InChI=1S/C22H27N3O4.C2H6.CH4S/c1-5-7-20(29-4)11-8-16(3)21(26)24-19-10-9-17(6-2)14-18(22(27)25-28)15-23-13-12-19;2*1-2/h5,7-15,28H,6H2,1-4H3,(H,24,26)(H,25,27);1-2H3;2H,1H3/b7-5-,10-9?,13-12?,16-8+,17-9?,17-14?,18-14?,18-15?,19-10?,19-12?,20-11+,23-13?,23-15?;;. The lowest BCUT2D eigenvalue weighted by Crippen LogP contribution is -2.18. The molecule has 1 aromatic rings. The molecule has 0 bridgehead atoms. The molecule has 2 amide bonds. The van der Waals surface area contributed by atoms with Crippen LogP contribution in [0.5, 0.6) is 0 Å². The van der Waals surface area contributed by atoms with Gasteiger partial charge in [0.25, 0.3) is 11.8 Å². The fraction of sp³-hybridized carbons (Fsp3) is 0.320. The van der Waals surface area contributed by atoms with Gasteiger partial charge in [0, 0.05) is 23.7 Å². The van der Waals surface area contributed by atoms with E-state index < -0.39 is 5.91 Å². The SMILES string of the molecule is CC.CS.C\C=C/C(=C\C=C(/C)C(=O)Nc1ccncc(C(=O)NO)cc(CC)cc1)OC. The Bertz CT molecular complexity index is 880. The molecular weight excluding hydrogens is 438 g/mol. The van der Waals surface area contributed by atoms with Gasteiger partial charge in [0.2, 0.25) is 0 Å². The Hall–Kier alpha value is -3.10. The van der Waals surface area contributed by atoms with Crippen LogP contribution in [0.2, 0.25) is 0 Å². The molecule has 7 nitrogen and oxygen atoms in total. The number of anilines is 1. The van der Waals surface area contributed by atoms with E-state index >= 15 is 0 Å². The highest BCUT2D eigenvalue weighted by Gasteiger charge is 2.05. The smallest absolute Gasteiger partial charge is 0.276 e. The Labute approximate surface area is 203 Å². The largest absolute Gasteiger partial charge is 0.497 e. The highest BCUT2D eigenvalue weighted by Crippen LogP contribution is 2.09. The summed E-state index contributed by atoms with van der Waals surface area (Å²) in [5, 5.41) is 11.6. The van der Waals surface area contributed by atoms with Crippen LogP contribution in [0.25, 0.3) is 0 Å². The number of ether oxygens (including phenoxy) is 1. The summed E-state index contributed by atoms with van der Waals surface area (Å²) in [6, 6.07) is 6.75. The number of carbonyl (C=O) groups is 2. The summed E-state index contributed by atoms with van der Waals surface area (Å²) in [5.41, 5.74) is 3.67. The second-order valence-electron chi connectivity index (χ2n) is 5.93. The molecule has 0 atom stereocenters. The van der Waals surface area contributed by atoms with Gasteiger partial charge >= 0.3 is 0 Å². The van der Waals surface area contributed by atoms with Gasteiger partial charge in [-0.3, -0.25) is 19.8 Å². The van der Waals surface area contributed by atoms with Crippen molar-refractivity contribution in [1.82, 2.24) is 10.5 Å². The molecule has 0 spiro atoms. The van der Waals surface area contributed by atoms with Crippen LogP contribution >= 0.6 is 12.6 Å². The summed E-state index contributed by atoms with van der Waals surface area (Å²) in [5.74, 6) is -0.282. The molecule has 0 aliphatic heterocycles. The summed E-state index contributed by atoms with van der Waals surface area (Å²) in [6.07, 6.45) is 12.1. The Morgan fingerprint density at radius 1 is 1.18 bits per heavy atom. The van der Waals surface area contributed by atoms with E-state index in [1.54, 1.807) is 68.3 Å². The molecule has 0 unspecified atom stereocenters. The number of hydroxylamine groups is 1. The third kappa shape index (κ3) is 13.8.